The fourth-order valence-corrected chi connectivity index (χ4v) is 4.43. The van der Waals surface area contributed by atoms with Crippen LogP contribution in [-0.2, 0) is 4.74 Å². The maximum atomic E-state index is 5.60. The lowest BCUT2D eigenvalue weighted by Gasteiger charge is -2.33. The first-order chi connectivity index (χ1) is 5.83. The first-order valence-electron chi connectivity index (χ1n) is 5.08. The Hall–Kier alpha value is 0.137. The third-order valence-electron chi connectivity index (χ3n) is 2.31. The van der Waals surface area contributed by atoms with E-state index in [1.807, 2.05) is 7.11 Å². The van der Waals surface area contributed by atoms with Crippen molar-refractivity contribution in [2.45, 2.75) is 51.1 Å². The van der Waals surface area contributed by atoms with Crippen molar-refractivity contribution in [2.75, 3.05) is 13.7 Å². The zero-order chi connectivity index (χ0) is 10.5. The summed E-state index contributed by atoms with van der Waals surface area (Å²) in [6, 6.07) is 1.22. The van der Waals surface area contributed by atoms with Crippen molar-refractivity contribution < 1.29 is 4.74 Å². The minimum Gasteiger partial charge on any atom is -0.379 e. The Kier molecular flexibility index (Phi) is 5.18. The second-order valence-electron chi connectivity index (χ2n) is 5.28. The van der Waals surface area contributed by atoms with E-state index in [0.717, 1.165) is 19.4 Å². The zero-order valence-electron chi connectivity index (χ0n) is 9.81. The van der Waals surface area contributed by atoms with Crippen molar-refractivity contribution in [3.8, 4) is 0 Å². The summed E-state index contributed by atoms with van der Waals surface area (Å²) in [5.74, 6) is 0. The van der Waals surface area contributed by atoms with Crippen molar-refractivity contribution in [3.63, 3.8) is 0 Å². The molecule has 0 aliphatic heterocycles. The van der Waals surface area contributed by atoms with Crippen LogP contribution in [0.3, 0.4) is 0 Å². The molecule has 3 heteroatoms. The van der Waals surface area contributed by atoms with Gasteiger partial charge in [-0.25, -0.2) is 0 Å². The topological polar surface area (TPSA) is 35.2 Å². The summed E-state index contributed by atoms with van der Waals surface area (Å²) in [6.07, 6.45) is 2.15. The molecule has 13 heavy (non-hydrogen) atoms. The van der Waals surface area contributed by atoms with Crippen LogP contribution < -0.4 is 5.73 Å². The normalized spacial score (nSPS) is 17.1. The summed E-state index contributed by atoms with van der Waals surface area (Å²) >= 11 is 0. The van der Waals surface area contributed by atoms with Crippen LogP contribution in [0, 0.1) is 0 Å². The number of hydrogen-bond acceptors (Lipinski definition) is 2. The van der Waals surface area contributed by atoms with Crippen molar-refractivity contribution in [3.05, 3.63) is 0 Å². The second-order valence-corrected chi connectivity index (χ2v) is 10.8. The van der Waals surface area contributed by atoms with E-state index in [0.29, 0.717) is 0 Å². The molecule has 0 heterocycles. The molecule has 2 nitrogen and oxygen atoms in total. The Labute approximate surface area is 83.9 Å². The highest BCUT2D eigenvalue weighted by Crippen LogP contribution is 2.27. The van der Waals surface area contributed by atoms with Crippen LogP contribution in [0.1, 0.15) is 19.8 Å². The van der Waals surface area contributed by atoms with Gasteiger partial charge in [-0.05, 0) is 32.4 Å². The molecule has 1 unspecified atom stereocenters. The molecule has 0 aromatic carbocycles. The quantitative estimate of drug-likeness (QED) is 0.673. The third kappa shape index (κ3) is 6.24. The maximum Gasteiger partial charge on any atom is 0.0628 e. The molecule has 0 aromatic rings. The van der Waals surface area contributed by atoms with E-state index >= 15 is 0 Å². The van der Waals surface area contributed by atoms with E-state index in [1.165, 1.54) is 6.04 Å². The second kappa shape index (κ2) is 5.13. The smallest absolute Gasteiger partial charge is 0.0628 e. The molecule has 0 saturated carbocycles. The largest absolute Gasteiger partial charge is 0.379 e. The minimum absolute atomic E-state index is 0.0594. The van der Waals surface area contributed by atoms with Gasteiger partial charge in [0.2, 0.25) is 0 Å². The summed E-state index contributed by atoms with van der Waals surface area (Å²) in [5, 5.41) is 0. The van der Waals surface area contributed by atoms with Crippen molar-refractivity contribution >= 4 is 8.07 Å². The number of hydrogen-bond donors (Lipinski definition) is 1. The molecule has 0 fully saturated rings. The Bertz CT molecular complexity index is 144. The van der Waals surface area contributed by atoms with Crippen molar-refractivity contribution in [1.29, 1.82) is 0 Å². The molecule has 0 aliphatic carbocycles. The first-order valence-corrected chi connectivity index (χ1v) is 8.79. The minimum atomic E-state index is -1.03. The average molecular weight is 203 g/mol. The molecule has 0 amide bonds. The predicted octanol–water partition coefficient (Wildman–Crippen LogP) is 2.47. The fraction of sp³-hybridized carbons (Fsp3) is 1.00. The molecule has 0 spiro atoms. The van der Waals surface area contributed by atoms with Gasteiger partial charge < -0.3 is 10.5 Å². The number of rotatable bonds is 6. The van der Waals surface area contributed by atoms with Crippen molar-refractivity contribution in [1.82, 2.24) is 0 Å². The monoisotopic (exact) mass is 203 g/mol. The lowest BCUT2D eigenvalue weighted by molar-refractivity contribution is 0.0133. The predicted molar refractivity (Wildman–Crippen MR) is 61.9 cm³/mol. The van der Waals surface area contributed by atoms with Crippen molar-refractivity contribution in [2.24, 2.45) is 5.73 Å². The standard InChI is InChI=1S/C10H25NOSi/c1-10(12-2,7-6-8-11)9-13(3,4)5/h6-9,11H2,1-5H3. The fourth-order valence-electron chi connectivity index (χ4n) is 1.86. The Morgan fingerprint density at radius 2 is 1.85 bits per heavy atom. The van der Waals surface area contributed by atoms with Gasteiger partial charge in [-0.3, -0.25) is 0 Å². The van der Waals surface area contributed by atoms with Gasteiger partial charge in [0.15, 0.2) is 0 Å². The number of nitrogens with two attached hydrogens (primary N) is 1. The van der Waals surface area contributed by atoms with Gasteiger partial charge in [0.25, 0.3) is 0 Å². The van der Waals surface area contributed by atoms with Gasteiger partial charge in [-0.15, -0.1) is 0 Å². The summed E-state index contributed by atoms with van der Waals surface area (Å²) in [6.45, 7) is 10.1. The molecule has 1 atom stereocenters. The van der Waals surface area contributed by atoms with Crippen LogP contribution in [0.15, 0.2) is 0 Å². The summed E-state index contributed by atoms with van der Waals surface area (Å²) < 4.78 is 5.60. The van der Waals surface area contributed by atoms with Crippen LogP contribution in [-0.4, -0.2) is 27.3 Å². The highest BCUT2D eigenvalue weighted by atomic mass is 28.3. The maximum absolute atomic E-state index is 5.60. The Morgan fingerprint density at radius 3 is 2.15 bits per heavy atom. The number of ether oxygens (including phenoxy) is 1. The molecular weight excluding hydrogens is 178 g/mol. The highest BCUT2D eigenvalue weighted by molar-refractivity contribution is 6.76. The molecule has 2 N–H and O–H groups in total. The molecule has 0 aliphatic rings. The molecule has 80 valence electrons. The molecule has 0 radical (unpaired) electrons. The van der Waals surface area contributed by atoms with E-state index in [9.17, 15) is 0 Å². The van der Waals surface area contributed by atoms with Gasteiger partial charge in [-0.1, -0.05) is 19.6 Å². The van der Waals surface area contributed by atoms with Crippen LogP contribution in [0.5, 0.6) is 0 Å². The molecule has 0 rings (SSSR count). The SMILES string of the molecule is COC(C)(CCCN)C[Si](C)(C)C. The van der Waals surface area contributed by atoms with E-state index < -0.39 is 8.07 Å². The van der Waals surface area contributed by atoms with Crippen LogP contribution >= 0.6 is 0 Å². The van der Waals surface area contributed by atoms with E-state index in [-0.39, 0.29) is 5.60 Å². The lowest BCUT2D eigenvalue weighted by atomic mass is 10.0. The first kappa shape index (κ1) is 13.1. The molecule has 0 aromatic heterocycles. The third-order valence-corrected chi connectivity index (χ3v) is 4.12. The number of methoxy groups -OCH3 is 1. The van der Waals surface area contributed by atoms with Gasteiger partial charge >= 0.3 is 0 Å². The lowest BCUT2D eigenvalue weighted by Crippen LogP contribution is -2.37. The van der Waals surface area contributed by atoms with E-state index in [1.54, 1.807) is 0 Å². The van der Waals surface area contributed by atoms with Crippen LogP contribution in [0.2, 0.25) is 25.7 Å². The van der Waals surface area contributed by atoms with Gasteiger partial charge in [0.1, 0.15) is 0 Å². The summed E-state index contributed by atoms with van der Waals surface area (Å²) in [4.78, 5) is 0. The molecule has 0 bridgehead atoms. The van der Waals surface area contributed by atoms with E-state index in [4.69, 9.17) is 10.5 Å². The highest BCUT2D eigenvalue weighted by Gasteiger charge is 2.30. The Balaban J connectivity index is 4.11. The van der Waals surface area contributed by atoms with Gasteiger partial charge in [0, 0.05) is 15.2 Å². The van der Waals surface area contributed by atoms with Crippen LogP contribution in [0.4, 0.5) is 0 Å². The molecule has 0 saturated heterocycles. The van der Waals surface area contributed by atoms with E-state index in [2.05, 4.69) is 26.6 Å². The van der Waals surface area contributed by atoms with Crippen LogP contribution in [0.25, 0.3) is 0 Å². The van der Waals surface area contributed by atoms with Gasteiger partial charge in [0.05, 0.1) is 5.60 Å². The summed E-state index contributed by atoms with van der Waals surface area (Å²) in [5.41, 5.74) is 5.57. The molecular formula is C10H25NOSi. The van der Waals surface area contributed by atoms with Gasteiger partial charge in [-0.2, -0.15) is 0 Å². The zero-order valence-corrected chi connectivity index (χ0v) is 10.8. The summed E-state index contributed by atoms with van der Waals surface area (Å²) in [7, 11) is 0.787. The Morgan fingerprint density at radius 1 is 1.31 bits per heavy atom. The average Bonchev–Trinajstić information content (AvgIpc) is 1.98.